The number of rotatable bonds is 3. The second kappa shape index (κ2) is 5.82. The minimum Gasteiger partial charge on any atom is -0.344 e. The largest absolute Gasteiger partial charge is 0.344 e. The third kappa shape index (κ3) is 2.66. The van der Waals surface area contributed by atoms with Gasteiger partial charge in [0.05, 0.1) is 0 Å². The summed E-state index contributed by atoms with van der Waals surface area (Å²) in [7, 11) is 0. The van der Waals surface area contributed by atoms with Gasteiger partial charge in [0.1, 0.15) is 0 Å². The molecule has 0 saturated heterocycles. The van der Waals surface area contributed by atoms with E-state index >= 15 is 0 Å². The van der Waals surface area contributed by atoms with Gasteiger partial charge in [0, 0.05) is 55.0 Å². The molecule has 1 aromatic carbocycles. The first-order chi connectivity index (χ1) is 11.2. The minimum atomic E-state index is 0.994. The van der Waals surface area contributed by atoms with Crippen molar-refractivity contribution in [3.63, 3.8) is 0 Å². The molecule has 0 amide bonds. The number of aromatic nitrogens is 2. The van der Waals surface area contributed by atoms with Crippen LogP contribution in [-0.2, 0) is 25.9 Å². The first-order valence-corrected chi connectivity index (χ1v) is 8.44. The van der Waals surface area contributed by atoms with Gasteiger partial charge in [-0.05, 0) is 49.1 Å². The summed E-state index contributed by atoms with van der Waals surface area (Å²) in [4.78, 5) is 4.33. The van der Waals surface area contributed by atoms with Crippen molar-refractivity contribution in [2.24, 2.45) is 0 Å². The van der Waals surface area contributed by atoms with Crippen molar-refractivity contribution in [3.8, 4) is 0 Å². The van der Waals surface area contributed by atoms with Crippen LogP contribution in [0, 0.1) is 13.8 Å². The standard InChI is InChI=1S/C20H23N3/c1-14-3-4-19-17(10-14)18-13-21-7-5-20(18)23(19)8-6-16-9-15(2)11-22-12-16/h3-4,9-12,21H,5-8,13H2,1-2H3. The van der Waals surface area contributed by atoms with Crippen molar-refractivity contribution in [3.05, 3.63) is 64.6 Å². The quantitative estimate of drug-likeness (QED) is 0.802. The monoisotopic (exact) mass is 305 g/mol. The molecule has 0 fully saturated rings. The van der Waals surface area contributed by atoms with Crippen LogP contribution in [0.2, 0.25) is 0 Å². The van der Waals surface area contributed by atoms with E-state index < -0.39 is 0 Å². The molecule has 0 radical (unpaired) electrons. The van der Waals surface area contributed by atoms with Gasteiger partial charge in [-0.15, -0.1) is 0 Å². The zero-order chi connectivity index (χ0) is 15.8. The fourth-order valence-electron chi connectivity index (χ4n) is 3.74. The molecule has 0 aliphatic carbocycles. The Kier molecular flexibility index (Phi) is 3.66. The molecule has 3 heterocycles. The fraction of sp³-hybridized carbons (Fsp3) is 0.350. The number of nitrogens with zero attached hydrogens (tertiary/aromatic N) is 2. The summed E-state index contributed by atoms with van der Waals surface area (Å²) in [5.41, 5.74) is 8.29. The molecule has 23 heavy (non-hydrogen) atoms. The summed E-state index contributed by atoms with van der Waals surface area (Å²) in [6.45, 7) is 7.39. The molecule has 1 aliphatic heterocycles. The summed E-state index contributed by atoms with van der Waals surface area (Å²) in [6.07, 6.45) is 6.07. The number of pyridine rings is 1. The Balaban J connectivity index is 1.74. The van der Waals surface area contributed by atoms with Crippen molar-refractivity contribution in [1.82, 2.24) is 14.9 Å². The lowest BCUT2D eigenvalue weighted by Crippen LogP contribution is -2.24. The topological polar surface area (TPSA) is 29.9 Å². The van der Waals surface area contributed by atoms with Gasteiger partial charge in [-0.25, -0.2) is 0 Å². The van der Waals surface area contributed by atoms with Crippen LogP contribution < -0.4 is 5.32 Å². The lowest BCUT2D eigenvalue weighted by molar-refractivity contribution is 0.594. The SMILES string of the molecule is Cc1cncc(CCn2c3c(c4cc(C)ccc42)CNCC3)c1. The zero-order valence-electron chi connectivity index (χ0n) is 13.9. The number of hydrogen-bond acceptors (Lipinski definition) is 2. The van der Waals surface area contributed by atoms with E-state index in [1.807, 2.05) is 12.4 Å². The maximum absolute atomic E-state index is 4.33. The van der Waals surface area contributed by atoms with Crippen LogP contribution in [0.25, 0.3) is 10.9 Å². The van der Waals surface area contributed by atoms with Crippen molar-refractivity contribution in [2.75, 3.05) is 6.54 Å². The number of hydrogen-bond donors (Lipinski definition) is 1. The maximum Gasteiger partial charge on any atom is 0.0486 e. The Morgan fingerprint density at radius 2 is 2.04 bits per heavy atom. The van der Waals surface area contributed by atoms with Crippen molar-refractivity contribution in [2.45, 2.75) is 39.8 Å². The molecule has 3 heteroatoms. The van der Waals surface area contributed by atoms with Crippen molar-refractivity contribution in [1.29, 1.82) is 0 Å². The van der Waals surface area contributed by atoms with Gasteiger partial charge in [-0.2, -0.15) is 0 Å². The molecule has 0 bridgehead atoms. The van der Waals surface area contributed by atoms with E-state index in [1.165, 1.54) is 38.9 Å². The first kappa shape index (κ1) is 14.5. The van der Waals surface area contributed by atoms with Gasteiger partial charge >= 0.3 is 0 Å². The average molecular weight is 305 g/mol. The number of aryl methyl sites for hydroxylation is 4. The average Bonchev–Trinajstić information content (AvgIpc) is 2.86. The van der Waals surface area contributed by atoms with Crippen LogP contribution in [0.1, 0.15) is 27.9 Å². The van der Waals surface area contributed by atoms with Crippen molar-refractivity contribution < 1.29 is 0 Å². The molecule has 2 aromatic heterocycles. The third-order valence-electron chi connectivity index (χ3n) is 4.84. The molecule has 1 N–H and O–H groups in total. The molecular formula is C20H23N3. The summed E-state index contributed by atoms with van der Waals surface area (Å²) in [5.74, 6) is 0. The van der Waals surface area contributed by atoms with E-state index in [2.05, 4.69) is 53.0 Å². The summed E-state index contributed by atoms with van der Waals surface area (Å²) in [6, 6.07) is 9.10. The van der Waals surface area contributed by atoms with Gasteiger partial charge in [-0.1, -0.05) is 17.7 Å². The van der Waals surface area contributed by atoms with Gasteiger partial charge in [0.25, 0.3) is 0 Å². The molecule has 1 aliphatic rings. The van der Waals surface area contributed by atoms with Gasteiger partial charge in [0.2, 0.25) is 0 Å². The highest BCUT2D eigenvalue weighted by atomic mass is 15.0. The van der Waals surface area contributed by atoms with Gasteiger partial charge < -0.3 is 9.88 Å². The minimum absolute atomic E-state index is 0.994. The highest BCUT2D eigenvalue weighted by molar-refractivity contribution is 5.86. The Hall–Kier alpha value is -2.13. The molecule has 118 valence electrons. The summed E-state index contributed by atoms with van der Waals surface area (Å²) >= 11 is 0. The maximum atomic E-state index is 4.33. The van der Waals surface area contributed by atoms with Crippen molar-refractivity contribution >= 4 is 10.9 Å². The van der Waals surface area contributed by atoms with E-state index in [-0.39, 0.29) is 0 Å². The molecule has 0 saturated carbocycles. The predicted octanol–water partition coefficient (Wildman–Crippen LogP) is 3.54. The highest BCUT2D eigenvalue weighted by Crippen LogP contribution is 2.29. The van der Waals surface area contributed by atoms with Gasteiger partial charge in [0.15, 0.2) is 0 Å². The molecule has 0 spiro atoms. The molecule has 0 atom stereocenters. The third-order valence-corrected chi connectivity index (χ3v) is 4.84. The van der Waals surface area contributed by atoms with E-state index in [1.54, 1.807) is 0 Å². The van der Waals surface area contributed by atoms with Crippen LogP contribution in [0.3, 0.4) is 0 Å². The van der Waals surface area contributed by atoms with Crippen LogP contribution in [0.15, 0.2) is 36.7 Å². The first-order valence-electron chi connectivity index (χ1n) is 8.44. The van der Waals surface area contributed by atoms with Crippen LogP contribution in [0.5, 0.6) is 0 Å². The normalized spacial score (nSPS) is 14.2. The smallest absolute Gasteiger partial charge is 0.0486 e. The molecular weight excluding hydrogens is 282 g/mol. The van der Waals surface area contributed by atoms with E-state index in [9.17, 15) is 0 Å². The molecule has 3 nitrogen and oxygen atoms in total. The van der Waals surface area contributed by atoms with Crippen LogP contribution in [-0.4, -0.2) is 16.1 Å². The predicted molar refractivity (Wildman–Crippen MR) is 94.8 cm³/mol. The van der Waals surface area contributed by atoms with E-state index in [0.717, 1.165) is 32.5 Å². The summed E-state index contributed by atoms with van der Waals surface area (Å²) < 4.78 is 2.54. The lowest BCUT2D eigenvalue weighted by Gasteiger charge is -2.17. The molecule has 0 unspecified atom stereocenters. The van der Waals surface area contributed by atoms with E-state index in [4.69, 9.17) is 0 Å². The molecule has 4 rings (SSSR count). The number of fused-ring (bicyclic) bond motifs is 3. The Labute approximate surface area is 137 Å². The fourth-order valence-corrected chi connectivity index (χ4v) is 3.74. The summed E-state index contributed by atoms with van der Waals surface area (Å²) in [5, 5.41) is 4.95. The zero-order valence-corrected chi connectivity index (χ0v) is 13.9. The Morgan fingerprint density at radius 1 is 1.13 bits per heavy atom. The van der Waals surface area contributed by atoms with Crippen LogP contribution in [0.4, 0.5) is 0 Å². The Morgan fingerprint density at radius 3 is 2.91 bits per heavy atom. The van der Waals surface area contributed by atoms with Gasteiger partial charge in [-0.3, -0.25) is 4.98 Å². The van der Waals surface area contributed by atoms with E-state index in [0.29, 0.717) is 0 Å². The second-order valence-electron chi connectivity index (χ2n) is 6.64. The second-order valence-corrected chi connectivity index (χ2v) is 6.64. The highest BCUT2D eigenvalue weighted by Gasteiger charge is 2.19. The van der Waals surface area contributed by atoms with Crippen LogP contribution >= 0.6 is 0 Å². The Bertz CT molecular complexity index is 861. The number of nitrogens with one attached hydrogen (secondary N) is 1. The number of benzene rings is 1. The molecule has 3 aromatic rings. The lowest BCUT2D eigenvalue weighted by atomic mass is 10.0.